The van der Waals surface area contributed by atoms with E-state index in [0.717, 1.165) is 12.1 Å². The molecule has 2 rings (SSSR count). The van der Waals surface area contributed by atoms with Gasteiger partial charge in [-0.05, 0) is 30.3 Å². The standard InChI is InChI=1S/C13H9ClFNO3/c14-10-3-2-8(17)6-9(10)13(19)16-7-1-4-12(18)11(15)5-7/h1-6,17-18H,(H,16,19). The summed E-state index contributed by atoms with van der Waals surface area (Å²) in [7, 11) is 0. The van der Waals surface area contributed by atoms with Crippen molar-refractivity contribution in [1.82, 2.24) is 0 Å². The van der Waals surface area contributed by atoms with Crippen LogP contribution in [-0.4, -0.2) is 16.1 Å². The highest BCUT2D eigenvalue weighted by Gasteiger charge is 2.12. The maximum atomic E-state index is 13.1. The van der Waals surface area contributed by atoms with Gasteiger partial charge in [0.25, 0.3) is 5.91 Å². The van der Waals surface area contributed by atoms with Crippen molar-refractivity contribution in [2.45, 2.75) is 0 Å². The van der Waals surface area contributed by atoms with Crippen molar-refractivity contribution in [2.75, 3.05) is 5.32 Å². The highest BCUT2D eigenvalue weighted by Crippen LogP contribution is 2.24. The van der Waals surface area contributed by atoms with Gasteiger partial charge in [-0.25, -0.2) is 4.39 Å². The SMILES string of the molecule is O=C(Nc1ccc(O)c(F)c1)c1cc(O)ccc1Cl. The van der Waals surface area contributed by atoms with Gasteiger partial charge < -0.3 is 15.5 Å². The van der Waals surface area contributed by atoms with E-state index < -0.39 is 17.5 Å². The fourth-order valence-electron chi connectivity index (χ4n) is 1.47. The molecular weight excluding hydrogens is 273 g/mol. The van der Waals surface area contributed by atoms with Crippen molar-refractivity contribution in [3.8, 4) is 11.5 Å². The van der Waals surface area contributed by atoms with E-state index in [1.165, 1.54) is 24.3 Å². The zero-order valence-electron chi connectivity index (χ0n) is 9.52. The maximum absolute atomic E-state index is 13.1. The third-order valence-electron chi connectivity index (χ3n) is 2.40. The summed E-state index contributed by atoms with van der Waals surface area (Å²) in [5, 5.41) is 20.9. The molecule has 0 aliphatic rings. The molecule has 0 aromatic heterocycles. The summed E-state index contributed by atoms with van der Waals surface area (Å²) in [5.74, 6) is -2.05. The summed E-state index contributed by atoms with van der Waals surface area (Å²) in [6.07, 6.45) is 0. The largest absolute Gasteiger partial charge is 0.508 e. The van der Waals surface area contributed by atoms with E-state index in [1.807, 2.05) is 0 Å². The topological polar surface area (TPSA) is 69.6 Å². The number of rotatable bonds is 2. The highest BCUT2D eigenvalue weighted by atomic mass is 35.5. The molecule has 3 N–H and O–H groups in total. The lowest BCUT2D eigenvalue weighted by Gasteiger charge is -2.07. The molecule has 1 amide bonds. The lowest BCUT2D eigenvalue weighted by Crippen LogP contribution is -2.12. The molecule has 0 heterocycles. The first-order valence-electron chi connectivity index (χ1n) is 5.26. The van der Waals surface area contributed by atoms with Crippen LogP contribution in [0.25, 0.3) is 0 Å². The van der Waals surface area contributed by atoms with Crippen LogP contribution in [-0.2, 0) is 0 Å². The second-order valence-corrected chi connectivity index (χ2v) is 4.19. The average molecular weight is 282 g/mol. The molecule has 0 fully saturated rings. The zero-order chi connectivity index (χ0) is 14.0. The van der Waals surface area contributed by atoms with Gasteiger partial charge in [-0.15, -0.1) is 0 Å². The molecule has 0 bridgehead atoms. The summed E-state index contributed by atoms with van der Waals surface area (Å²) in [6, 6.07) is 7.36. The Morgan fingerprint density at radius 3 is 2.58 bits per heavy atom. The Morgan fingerprint density at radius 2 is 1.89 bits per heavy atom. The molecule has 0 saturated heterocycles. The second kappa shape index (κ2) is 5.16. The summed E-state index contributed by atoms with van der Waals surface area (Å²) in [5.41, 5.74) is 0.231. The Balaban J connectivity index is 2.25. The first-order chi connectivity index (χ1) is 8.97. The fraction of sp³-hybridized carbons (Fsp3) is 0. The lowest BCUT2D eigenvalue weighted by atomic mass is 10.2. The molecule has 2 aromatic rings. The van der Waals surface area contributed by atoms with E-state index in [1.54, 1.807) is 0 Å². The van der Waals surface area contributed by atoms with Crippen LogP contribution in [0.4, 0.5) is 10.1 Å². The molecule has 0 aliphatic heterocycles. The van der Waals surface area contributed by atoms with Crippen molar-refractivity contribution in [1.29, 1.82) is 0 Å². The Kier molecular flexibility index (Phi) is 3.57. The minimum atomic E-state index is -0.847. The van der Waals surface area contributed by atoms with Crippen molar-refractivity contribution >= 4 is 23.2 Å². The van der Waals surface area contributed by atoms with Crippen molar-refractivity contribution in [3.05, 3.63) is 52.8 Å². The van der Waals surface area contributed by atoms with Crippen LogP contribution in [0.3, 0.4) is 0 Å². The number of carbonyl (C=O) groups excluding carboxylic acids is 1. The molecule has 0 radical (unpaired) electrons. The van der Waals surface area contributed by atoms with Crippen LogP contribution in [0.1, 0.15) is 10.4 Å². The molecule has 0 unspecified atom stereocenters. The highest BCUT2D eigenvalue weighted by molar-refractivity contribution is 6.34. The third-order valence-corrected chi connectivity index (χ3v) is 2.73. The van der Waals surface area contributed by atoms with E-state index >= 15 is 0 Å². The van der Waals surface area contributed by atoms with Gasteiger partial charge in [0.1, 0.15) is 5.75 Å². The number of phenols is 2. The van der Waals surface area contributed by atoms with Gasteiger partial charge in [-0.2, -0.15) is 0 Å². The van der Waals surface area contributed by atoms with Gasteiger partial charge in [-0.1, -0.05) is 11.6 Å². The molecule has 0 atom stereocenters. The number of phenolic OH excluding ortho intramolecular Hbond substituents is 2. The molecule has 6 heteroatoms. The molecule has 0 spiro atoms. The number of aromatic hydroxyl groups is 2. The molecule has 98 valence electrons. The zero-order valence-corrected chi connectivity index (χ0v) is 10.3. The predicted molar refractivity (Wildman–Crippen MR) is 69.1 cm³/mol. The fourth-order valence-corrected chi connectivity index (χ4v) is 1.67. The number of halogens is 2. The van der Waals surface area contributed by atoms with Gasteiger partial charge in [0.2, 0.25) is 0 Å². The van der Waals surface area contributed by atoms with Gasteiger partial charge in [0.15, 0.2) is 11.6 Å². The Labute approximate surface area is 113 Å². The van der Waals surface area contributed by atoms with E-state index in [-0.39, 0.29) is 22.0 Å². The number of amides is 1. The summed E-state index contributed by atoms with van der Waals surface area (Å²) < 4.78 is 13.1. The van der Waals surface area contributed by atoms with Crippen LogP contribution in [0, 0.1) is 5.82 Å². The van der Waals surface area contributed by atoms with Crippen molar-refractivity contribution in [3.63, 3.8) is 0 Å². The van der Waals surface area contributed by atoms with Gasteiger partial charge in [0.05, 0.1) is 10.6 Å². The maximum Gasteiger partial charge on any atom is 0.257 e. The Morgan fingerprint density at radius 1 is 1.16 bits per heavy atom. The average Bonchev–Trinajstić information content (AvgIpc) is 2.36. The molecule has 4 nitrogen and oxygen atoms in total. The monoisotopic (exact) mass is 281 g/mol. The van der Waals surface area contributed by atoms with Gasteiger partial charge in [0, 0.05) is 11.8 Å². The number of benzene rings is 2. The first kappa shape index (κ1) is 13.2. The van der Waals surface area contributed by atoms with E-state index in [4.69, 9.17) is 16.7 Å². The number of hydrogen-bond acceptors (Lipinski definition) is 3. The van der Waals surface area contributed by atoms with Crippen LogP contribution in [0.5, 0.6) is 11.5 Å². The molecule has 2 aromatic carbocycles. The van der Waals surface area contributed by atoms with Crippen LogP contribution < -0.4 is 5.32 Å². The Bertz CT molecular complexity index is 646. The third kappa shape index (κ3) is 2.95. The van der Waals surface area contributed by atoms with E-state index in [9.17, 15) is 14.3 Å². The Hall–Kier alpha value is -2.27. The quantitative estimate of drug-likeness (QED) is 0.741. The molecule has 19 heavy (non-hydrogen) atoms. The number of anilines is 1. The number of carbonyl (C=O) groups is 1. The molecular formula is C13H9ClFNO3. The minimum Gasteiger partial charge on any atom is -0.508 e. The predicted octanol–water partition coefficient (Wildman–Crippen LogP) is 3.14. The van der Waals surface area contributed by atoms with E-state index in [0.29, 0.717) is 0 Å². The van der Waals surface area contributed by atoms with Crippen LogP contribution in [0.15, 0.2) is 36.4 Å². The normalized spacial score (nSPS) is 10.2. The van der Waals surface area contributed by atoms with Crippen molar-refractivity contribution in [2.24, 2.45) is 0 Å². The van der Waals surface area contributed by atoms with Crippen LogP contribution in [0.2, 0.25) is 5.02 Å². The van der Waals surface area contributed by atoms with Gasteiger partial charge in [-0.3, -0.25) is 4.79 Å². The summed E-state index contributed by atoms with van der Waals surface area (Å²) in [4.78, 5) is 11.9. The van der Waals surface area contributed by atoms with Crippen LogP contribution >= 0.6 is 11.6 Å². The molecule has 0 aliphatic carbocycles. The molecule has 0 saturated carbocycles. The lowest BCUT2D eigenvalue weighted by molar-refractivity contribution is 0.102. The smallest absolute Gasteiger partial charge is 0.257 e. The minimum absolute atomic E-state index is 0.0650. The number of hydrogen-bond donors (Lipinski definition) is 3. The number of nitrogens with one attached hydrogen (secondary N) is 1. The summed E-state index contributed by atoms with van der Waals surface area (Å²) in [6.45, 7) is 0. The van der Waals surface area contributed by atoms with Crippen molar-refractivity contribution < 1.29 is 19.4 Å². The second-order valence-electron chi connectivity index (χ2n) is 3.78. The first-order valence-corrected chi connectivity index (χ1v) is 5.63. The summed E-state index contributed by atoms with van der Waals surface area (Å²) >= 11 is 5.83. The van der Waals surface area contributed by atoms with E-state index in [2.05, 4.69) is 5.32 Å². The van der Waals surface area contributed by atoms with Gasteiger partial charge >= 0.3 is 0 Å².